The number of hydrogen-bond donors (Lipinski definition) is 1. The van der Waals surface area contributed by atoms with Crippen LogP contribution in [0.5, 0.6) is 5.75 Å². The van der Waals surface area contributed by atoms with E-state index in [1.54, 1.807) is 24.5 Å². The molecule has 9 heteroatoms. The number of aryl methyl sites for hydroxylation is 1. The molecule has 0 radical (unpaired) electrons. The first-order chi connectivity index (χ1) is 12.6. The minimum Gasteiger partial charge on any atom is -0.494 e. The summed E-state index contributed by atoms with van der Waals surface area (Å²) in [6, 6.07) is 4.80. The number of anilines is 1. The van der Waals surface area contributed by atoms with E-state index in [-0.39, 0.29) is 11.7 Å². The van der Waals surface area contributed by atoms with Gasteiger partial charge in [0.25, 0.3) is 0 Å². The van der Waals surface area contributed by atoms with Gasteiger partial charge in [-0.05, 0) is 24.6 Å². The van der Waals surface area contributed by atoms with Crippen LogP contribution in [0.3, 0.4) is 0 Å². The third-order valence-corrected chi connectivity index (χ3v) is 4.17. The normalized spacial score (nSPS) is 11.2. The molecule has 8 nitrogen and oxygen atoms in total. The Morgan fingerprint density at radius 1 is 1.27 bits per heavy atom. The van der Waals surface area contributed by atoms with Gasteiger partial charge in [-0.1, -0.05) is 6.07 Å². The molecule has 0 fully saturated rings. The second kappa shape index (κ2) is 6.10. The van der Waals surface area contributed by atoms with Crippen LogP contribution < -0.4 is 10.5 Å². The zero-order chi connectivity index (χ0) is 18.3. The summed E-state index contributed by atoms with van der Waals surface area (Å²) < 4.78 is 22.6. The number of nitrogen functional groups attached to an aromatic ring is 1. The molecule has 0 atom stereocenters. The molecule has 132 valence electrons. The molecule has 0 unspecified atom stereocenters. The molecule has 0 saturated carbocycles. The van der Waals surface area contributed by atoms with Gasteiger partial charge in [-0.15, -0.1) is 0 Å². The molecule has 1 aromatic carbocycles. The molecule has 2 N–H and O–H groups in total. The van der Waals surface area contributed by atoms with Crippen LogP contribution in [0.2, 0.25) is 0 Å². The maximum Gasteiger partial charge on any atom is 0.235 e. The molecule has 4 aromatic rings. The van der Waals surface area contributed by atoms with Crippen molar-refractivity contribution in [1.29, 1.82) is 0 Å². The molecule has 0 saturated heterocycles. The van der Waals surface area contributed by atoms with Crippen LogP contribution in [0.1, 0.15) is 6.92 Å². The zero-order valence-corrected chi connectivity index (χ0v) is 14.2. The summed E-state index contributed by atoms with van der Waals surface area (Å²) in [5.41, 5.74) is 8.78. The molecule has 0 bridgehead atoms. The number of hydrogen-bond acceptors (Lipinski definition) is 6. The van der Waals surface area contributed by atoms with Crippen molar-refractivity contribution in [2.24, 2.45) is 0 Å². The van der Waals surface area contributed by atoms with Crippen LogP contribution in [0, 0.1) is 5.82 Å². The zero-order valence-electron chi connectivity index (χ0n) is 14.2. The number of ether oxygens (including phenoxy) is 1. The fraction of sp³-hybridized carbons (Fsp3) is 0.176. The van der Waals surface area contributed by atoms with Crippen molar-refractivity contribution < 1.29 is 9.13 Å². The summed E-state index contributed by atoms with van der Waals surface area (Å²) in [6.07, 6.45) is 4.71. The van der Waals surface area contributed by atoms with Gasteiger partial charge < -0.3 is 15.0 Å². The number of benzene rings is 1. The second-order valence-electron chi connectivity index (χ2n) is 5.59. The Morgan fingerprint density at radius 2 is 2.12 bits per heavy atom. The Balaban J connectivity index is 1.98. The van der Waals surface area contributed by atoms with Crippen LogP contribution in [-0.2, 0) is 6.54 Å². The maximum absolute atomic E-state index is 14.2. The quantitative estimate of drug-likeness (QED) is 0.605. The first-order valence-electron chi connectivity index (χ1n) is 7.98. The van der Waals surface area contributed by atoms with E-state index in [2.05, 4.69) is 20.1 Å². The first kappa shape index (κ1) is 16.0. The summed E-state index contributed by atoms with van der Waals surface area (Å²) in [6.45, 7) is 2.59. The fourth-order valence-electron chi connectivity index (χ4n) is 2.99. The third-order valence-electron chi connectivity index (χ3n) is 4.17. The number of nitrogens with two attached hydrogens (primary N) is 1. The van der Waals surface area contributed by atoms with E-state index in [1.807, 2.05) is 11.5 Å². The van der Waals surface area contributed by atoms with E-state index in [0.717, 1.165) is 11.1 Å². The summed E-state index contributed by atoms with van der Waals surface area (Å²) in [4.78, 5) is 12.8. The van der Waals surface area contributed by atoms with Crippen LogP contribution in [-0.4, -0.2) is 36.4 Å². The SMILES string of the molecule is CCn1c(-n2ncnc2N)nc2cncc(-c3ccc(OC)c(F)c3)c21. The third kappa shape index (κ3) is 2.36. The van der Waals surface area contributed by atoms with E-state index in [1.165, 1.54) is 24.2 Å². The lowest BCUT2D eigenvalue weighted by atomic mass is 10.1. The Labute approximate surface area is 148 Å². The van der Waals surface area contributed by atoms with Crippen molar-refractivity contribution >= 4 is 17.0 Å². The molecule has 4 rings (SSSR count). The van der Waals surface area contributed by atoms with E-state index < -0.39 is 5.82 Å². The van der Waals surface area contributed by atoms with Crippen molar-refractivity contribution in [2.75, 3.05) is 12.8 Å². The number of pyridine rings is 1. The molecule has 0 amide bonds. The Hall–Kier alpha value is -3.49. The lowest BCUT2D eigenvalue weighted by Gasteiger charge is -2.10. The molecular formula is C17H16FN7O. The van der Waals surface area contributed by atoms with E-state index >= 15 is 0 Å². The summed E-state index contributed by atoms with van der Waals surface area (Å²) >= 11 is 0. The second-order valence-corrected chi connectivity index (χ2v) is 5.59. The molecule has 3 aromatic heterocycles. The van der Waals surface area contributed by atoms with Crippen LogP contribution in [0.25, 0.3) is 28.1 Å². The Bertz CT molecular complexity index is 1100. The molecule has 0 aliphatic carbocycles. The number of aromatic nitrogens is 6. The predicted octanol–water partition coefficient (Wildman–Crippen LogP) is 2.43. The average molecular weight is 353 g/mol. The topological polar surface area (TPSA) is 96.7 Å². The number of nitrogens with zero attached hydrogens (tertiary/aromatic N) is 6. The van der Waals surface area contributed by atoms with Crippen molar-refractivity contribution in [3.63, 3.8) is 0 Å². The molecular weight excluding hydrogens is 337 g/mol. The minimum absolute atomic E-state index is 0.189. The van der Waals surface area contributed by atoms with Gasteiger partial charge in [0, 0.05) is 18.3 Å². The van der Waals surface area contributed by atoms with E-state index in [4.69, 9.17) is 10.5 Å². The Morgan fingerprint density at radius 3 is 2.77 bits per heavy atom. The van der Waals surface area contributed by atoms with E-state index in [0.29, 0.717) is 23.6 Å². The van der Waals surface area contributed by atoms with E-state index in [9.17, 15) is 4.39 Å². The molecule has 0 aliphatic heterocycles. The molecule has 3 heterocycles. The lowest BCUT2D eigenvalue weighted by Crippen LogP contribution is -2.10. The maximum atomic E-state index is 14.2. The number of fused-ring (bicyclic) bond motifs is 1. The van der Waals surface area contributed by atoms with Gasteiger partial charge in [-0.2, -0.15) is 14.8 Å². The number of imidazole rings is 1. The fourth-order valence-corrected chi connectivity index (χ4v) is 2.99. The van der Waals surface area contributed by atoms with Crippen molar-refractivity contribution in [3.05, 3.63) is 42.7 Å². The van der Waals surface area contributed by atoms with Gasteiger partial charge in [-0.25, -0.2) is 9.37 Å². The standard InChI is InChI=1S/C17H16FN7O/c1-3-24-15-11(10-4-5-14(26-2)12(18)6-10)7-20-8-13(15)23-17(24)25-16(19)21-9-22-25/h4-9H,3H2,1-2H3,(H2,19,21,22). The summed E-state index contributed by atoms with van der Waals surface area (Å²) in [5, 5.41) is 4.13. The predicted molar refractivity (Wildman–Crippen MR) is 94.5 cm³/mol. The monoisotopic (exact) mass is 353 g/mol. The van der Waals surface area contributed by atoms with Gasteiger partial charge in [0.2, 0.25) is 11.9 Å². The average Bonchev–Trinajstić information content (AvgIpc) is 3.23. The van der Waals surface area contributed by atoms with Gasteiger partial charge in [0.05, 0.1) is 18.8 Å². The lowest BCUT2D eigenvalue weighted by molar-refractivity contribution is 0.386. The summed E-state index contributed by atoms with van der Waals surface area (Å²) in [7, 11) is 1.43. The first-order valence-corrected chi connectivity index (χ1v) is 7.98. The number of rotatable bonds is 4. The number of halogens is 1. The van der Waals surface area contributed by atoms with Crippen LogP contribution in [0.15, 0.2) is 36.9 Å². The van der Waals surface area contributed by atoms with Crippen LogP contribution in [0.4, 0.5) is 10.3 Å². The minimum atomic E-state index is -0.440. The Kier molecular flexibility index (Phi) is 3.76. The van der Waals surface area contributed by atoms with Gasteiger partial charge >= 0.3 is 0 Å². The highest BCUT2D eigenvalue weighted by Gasteiger charge is 2.18. The van der Waals surface area contributed by atoms with Crippen molar-refractivity contribution in [1.82, 2.24) is 29.3 Å². The molecule has 0 aliphatic rings. The summed E-state index contributed by atoms with van der Waals surface area (Å²) in [5.74, 6) is 0.514. The highest BCUT2D eigenvalue weighted by molar-refractivity contribution is 5.92. The van der Waals surface area contributed by atoms with Gasteiger partial charge in [-0.3, -0.25) is 4.98 Å². The van der Waals surface area contributed by atoms with Crippen molar-refractivity contribution in [2.45, 2.75) is 13.5 Å². The molecule has 0 spiro atoms. The largest absolute Gasteiger partial charge is 0.494 e. The highest BCUT2D eigenvalue weighted by Crippen LogP contribution is 2.32. The highest BCUT2D eigenvalue weighted by atomic mass is 19.1. The number of methoxy groups -OCH3 is 1. The van der Waals surface area contributed by atoms with Crippen molar-refractivity contribution in [3.8, 4) is 22.8 Å². The van der Waals surface area contributed by atoms with Crippen LogP contribution >= 0.6 is 0 Å². The van der Waals surface area contributed by atoms with Gasteiger partial charge in [0.1, 0.15) is 11.8 Å². The molecule has 26 heavy (non-hydrogen) atoms. The smallest absolute Gasteiger partial charge is 0.235 e. The van der Waals surface area contributed by atoms with Gasteiger partial charge in [0.15, 0.2) is 11.6 Å².